The number of rotatable bonds is 1. The summed E-state index contributed by atoms with van der Waals surface area (Å²) in [6.45, 7) is 0. The Balaban J connectivity index is 2.39. The van der Waals surface area contributed by atoms with Gasteiger partial charge in [-0.2, -0.15) is 5.48 Å². The van der Waals surface area contributed by atoms with Crippen LogP contribution in [-0.4, -0.2) is 19.2 Å². The van der Waals surface area contributed by atoms with Crippen LogP contribution in [-0.2, 0) is 4.94 Å². The van der Waals surface area contributed by atoms with Gasteiger partial charge in [0.25, 0.3) is 5.91 Å². The van der Waals surface area contributed by atoms with Gasteiger partial charge in [-0.25, -0.2) is 0 Å². The van der Waals surface area contributed by atoms with Crippen LogP contribution < -0.4 is 10.8 Å². The maximum absolute atomic E-state index is 11.3. The van der Waals surface area contributed by atoms with E-state index in [-0.39, 0.29) is 5.91 Å². The lowest BCUT2D eigenvalue weighted by Gasteiger charge is -2.11. The van der Waals surface area contributed by atoms with Gasteiger partial charge in [0.1, 0.15) is 0 Å². The molecule has 5 heteroatoms. The molecule has 72 valence electrons. The van der Waals surface area contributed by atoms with Gasteiger partial charge in [0.2, 0.25) is 0 Å². The van der Waals surface area contributed by atoms with Crippen LogP contribution in [0.2, 0.25) is 0 Å². The van der Waals surface area contributed by atoms with Crippen molar-refractivity contribution in [3.8, 4) is 0 Å². The molecule has 0 saturated heterocycles. The van der Waals surface area contributed by atoms with Gasteiger partial charge in [0, 0.05) is 18.2 Å². The molecule has 1 heterocycles. The maximum atomic E-state index is 11.3. The largest absolute Gasteiger partial charge is 0.355 e. The summed E-state index contributed by atoms with van der Waals surface area (Å²) in [6.07, 6.45) is 1.58. The van der Waals surface area contributed by atoms with Crippen molar-refractivity contribution in [2.45, 2.75) is 0 Å². The van der Waals surface area contributed by atoms with Gasteiger partial charge in [-0.15, -0.1) is 0 Å². The Labute approximate surface area is 80.7 Å². The number of oxime groups is 1. The second kappa shape index (κ2) is 3.37. The summed E-state index contributed by atoms with van der Waals surface area (Å²) in [5.74, 6) is -0.128. The van der Waals surface area contributed by atoms with Crippen molar-refractivity contribution in [1.82, 2.24) is 5.32 Å². The Hall–Kier alpha value is -2.04. The van der Waals surface area contributed by atoms with Crippen LogP contribution in [0, 0.1) is 0 Å². The van der Waals surface area contributed by atoms with Crippen LogP contribution in [0.4, 0.5) is 5.69 Å². The highest BCUT2D eigenvalue weighted by molar-refractivity contribution is 5.97. The molecule has 2 rings (SSSR count). The van der Waals surface area contributed by atoms with Crippen molar-refractivity contribution >= 4 is 17.8 Å². The van der Waals surface area contributed by atoms with Crippen LogP contribution in [0.5, 0.6) is 0 Å². The molecular formula is C9H9N3O2. The molecule has 1 aromatic rings. The van der Waals surface area contributed by atoms with Crippen molar-refractivity contribution in [3.05, 3.63) is 29.3 Å². The van der Waals surface area contributed by atoms with E-state index in [2.05, 4.69) is 20.9 Å². The average molecular weight is 191 g/mol. The molecule has 0 bridgehead atoms. The second-order valence-electron chi connectivity index (χ2n) is 2.81. The predicted octanol–water partition coefficient (Wildman–Crippen LogP) is 0.737. The number of amides is 1. The van der Waals surface area contributed by atoms with Crippen molar-refractivity contribution in [2.75, 3.05) is 12.5 Å². The number of carbonyl (C=O) groups excluding carboxylic acids is 1. The van der Waals surface area contributed by atoms with Gasteiger partial charge in [-0.05, 0) is 12.1 Å². The Bertz CT molecular complexity index is 401. The normalized spacial score (nSPS) is 12.4. The van der Waals surface area contributed by atoms with Crippen molar-refractivity contribution < 1.29 is 9.73 Å². The number of nitrogens with zero attached hydrogens (tertiary/aromatic N) is 1. The molecule has 0 fully saturated rings. The lowest BCUT2D eigenvalue weighted by molar-refractivity contribution is 0.0963. The van der Waals surface area contributed by atoms with Crippen LogP contribution in [0.1, 0.15) is 15.9 Å². The number of anilines is 1. The number of benzene rings is 1. The number of carbonyl (C=O) groups is 1. The topological polar surface area (TPSA) is 62.7 Å². The Morgan fingerprint density at radius 1 is 1.57 bits per heavy atom. The Morgan fingerprint density at radius 2 is 2.43 bits per heavy atom. The first-order valence-corrected chi connectivity index (χ1v) is 4.13. The van der Waals surface area contributed by atoms with Gasteiger partial charge in [0.05, 0.1) is 11.9 Å². The third-order valence-electron chi connectivity index (χ3n) is 1.94. The first-order chi connectivity index (χ1) is 6.81. The Morgan fingerprint density at radius 3 is 3.21 bits per heavy atom. The molecular weight excluding hydrogens is 182 g/mol. The first-order valence-electron chi connectivity index (χ1n) is 4.13. The van der Waals surface area contributed by atoms with Gasteiger partial charge < -0.3 is 5.32 Å². The summed E-state index contributed by atoms with van der Waals surface area (Å²) in [6, 6.07) is 5.24. The molecule has 14 heavy (non-hydrogen) atoms. The van der Waals surface area contributed by atoms with Gasteiger partial charge in [-0.1, -0.05) is 11.2 Å². The van der Waals surface area contributed by atoms with E-state index in [1.165, 1.54) is 0 Å². The summed E-state index contributed by atoms with van der Waals surface area (Å²) in [5.41, 5.74) is 4.81. The maximum Gasteiger partial charge on any atom is 0.251 e. The van der Waals surface area contributed by atoms with Crippen molar-refractivity contribution in [2.24, 2.45) is 5.16 Å². The van der Waals surface area contributed by atoms with E-state index in [1.54, 1.807) is 31.5 Å². The first kappa shape index (κ1) is 8.55. The molecule has 2 N–H and O–H groups in total. The van der Waals surface area contributed by atoms with Crippen LogP contribution >= 0.6 is 0 Å². The third kappa shape index (κ3) is 1.39. The molecule has 0 aromatic heterocycles. The summed E-state index contributed by atoms with van der Waals surface area (Å²) in [7, 11) is 1.59. The van der Waals surface area contributed by atoms with E-state index in [9.17, 15) is 4.79 Å². The van der Waals surface area contributed by atoms with Crippen LogP contribution in [0.3, 0.4) is 0 Å². The second-order valence-corrected chi connectivity index (χ2v) is 2.81. The summed E-state index contributed by atoms with van der Waals surface area (Å²) in [5, 5.41) is 6.12. The minimum absolute atomic E-state index is 0.128. The van der Waals surface area contributed by atoms with Gasteiger partial charge in [0.15, 0.2) is 0 Å². The molecule has 0 radical (unpaired) electrons. The molecule has 0 unspecified atom stereocenters. The molecule has 1 aromatic carbocycles. The molecule has 0 spiro atoms. The van der Waals surface area contributed by atoms with E-state index in [0.717, 1.165) is 11.3 Å². The third-order valence-corrected chi connectivity index (χ3v) is 1.94. The highest BCUT2D eigenvalue weighted by Crippen LogP contribution is 2.18. The molecule has 0 saturated carbocycles. The quantitative estimate of drug-likeness (QED) is 0.688. The molecule has 1 amide bonds. The molecule has 1 aliphatic heterocycles. The number of fused-ring (bicyclic) bond motifs is 1. The fraction of sp³-hybridized carbons (Fsp3) is 0.111. The van der Waals surface area contributed by atoms with E-state index < -0.39 is 0 Å². The molecule has 0 atom stereocenters. The minimum Gasteiger partial charge on any atom is -0.355 e. The standard InChI is InChI=1S/C9H9N3O2/c1-10-9(13)6-2-3-7-5-11-14-12-8(7)4-6/h2-5,12H,1H3,(H,10,13). The summed E-state index contributed by atoms with van der Waals surface area (Å²) >= 11 is 0. The predicted molar refractivity (Wildman–Crippen MR) is 52.1 cm³/mol. The zero-order valence-electron chi connectivity index (χ0n) is 7.57. The highest BCUT2D eigenvalue weighted by atomic mass is 16.8. The van der Waals surface area contributed by atoms with Crippen LogP contribution in [0.15, 0.2) is 23.4 Å². The highest BCUT2D eigenvalue weighted by Gasteiger charge is 2.09. The molecule has 0 aliphatic carbocycles. The smallest absolute Gasteiger partial charge is 0.251 e. The zero-order valence-corrected chi connectivity index (χ0v) is 7.57. The SMILES string of the molecule is CNC(=O)c1ccc2c(c1)NON=C2. The lowest BCUT2D eigenvalue weighted by atomic mass is 10.1. The number of hydrogen-bond donors (Lipinski definition) is 2. The molecule has 1 aliphatic rings. The van der Waals surface area contributed by atoms with Crippen molar-refractivity contribution in [1.29, 1.82) is 0 Å². The average Bonchev–Trinajstić information content (AvgIpc) is 2.27. The fourth-order valence-corrected chi connectivity index (χ4v) is 1.20. The summed E-state index contributed by atoms with van der Waals surface area (Å²) in [4.78, 5) is 15.9. The van der Waals surface area contributed by atoms with E-state index >= 15 is 0 Å². The zero-order chi connectivity index (χ0) is 9.97. The lowest BCUT2D eigenvalue weighted by Crippen LogP contribution is -2.18. The molecule has 5 nitrogen and oxygen atoms in total. The Kier molecular flexibility index (Phi) is 2.06. The fourth-order valence-electron chi connectivity index (χ4n) is 1.20. The summed E-state index contributed by atoms with van der Waals surface area (Å²) < 4.78 is 0. The van der Waals surface area contributed by atoms with E-state index in [4.69, 9.17) is 0 Å². The van der Waals surface area contributed by atoms with Gasteiger partial charge in [-0.3, -0.25) is 9.73 Å². The van der Waals surface area contributed by atoms with Gasteiger partial charge >= 0.3 is 0 Å². The minimum atomic E-state index is -0.128. The number of nitrogens with one attached hydrogen (secondary N) is 2. The van der Waals surface area contributed by atoms with E-state index in [0.29, 0.717) is 5.56 Å². The monoisotopic (exact) mass is 191 g/mol. The van der Waals surface area contributed by atoms with Crippen molar-refractivity contribution in [3.63, 3.8) is 0 Å². The van der Waals surface area contributed by atoms with Crippen LogP contribution in [0.25, 0.3) is 0 Å². The van der Waals surface area contributed by atoms with E-state index in [1.807, 2.05) is 0 Å². The number of hydrogen-bond acceptors (Lipinski definition) is 4.